The minimum absolute atomic E-state index is 0.196. The Morgan fingerprint density at radius 2 is 1.85 bits per heavy atom. The lowest BCUT2D eigenvalue weighted by molar-refractivity contribution is 0.174. The highest BCUT2D eigenvalue weighted by molar-refractivity contribution is 5.51. The standard InChI is InChI=1S/C15H11FN2O2/c16-11-2-4-12(5-3-11)18-13(8-17)10-1-6-14-15(7-10)20-9-19-14/h1-7,13,18H,9H2. The zero-order valence-electron chi connectivity index (χ0n) is 10.5. The monoisotopic (exact) mass is 270 g/mol. The van der Waals surface area contributed by atoms with E-state index in [4.69, 9.17) is 9.47 Å². The molecule has 5 heteroatoms. The molecule has 20 heavy (non-hydrogen) atoms. The lowest BCUT2D eigenvalue weighted by Gasteiger charge is -2.13. The molecule has 1 aliphatic heterocycles. The van der Waals surface area contributed by atoms with Crippen molar-refractivity contribution in [3.05, 3.63) is 53.8 Å². The van der Waals surface area contributed by atoms with Crippen molar-refractivity contribution in [2.24, 2.45) is 0 Å². The van der Waals surface area contributed by atoms with Crippen LogP contribution in [0.1, 0.15) is 11.6 Å². The zero-order valence-corrected chi connectivity index (χ0v) is 10.5. The highest BCUT2D eigenvalue weighted by atomic mass is 19.1. The molecule has 2 aromatic carbocycles. The topological polar surface area (TPSA) is 54.3 Å². The van der Waals surface area contributed by atoms with Crippen molar-refractivity contribution in [2.75, 3.05) is 12.1 Å². The summed E-state index contributed by atoms with van der Waals surface area (Å²) in [4.78, 5) is 0. The number of anilines is 1. The number of benzene rings is 2. The third kappa shape index (κ3) is 2.36. The molecule has 1 heterocycles. The minimum Gasteiger partial charge on any atom is -0.454 e. The van der Waals surface area contributed by atoms with Crippen LogP contribution >= 0.6 is 0 Å². The molecule has 0 aliphatic carbocycles. The van der Waals surface area contributed by atoms with Crippen LogP contribution in [-0.4, -0.2) is 6.79 Å². The fraction of sp³-hybridized carbons (Fsp3) is 0.133. The van der Waals surface area contributed by atoms with Crippen molar-refractivity contribution >= 4 is 5.69 Å². The van der Waals surface area contributed by atoms with Gasteiger partial charge in [-0.25, -0.2) is 4.39 Å². The fourth-order valence-electron chi connectivity index (χ4n) is 2.00. The van der Waals surface area contributed by atoms with E-state index in [9.17, 15) is 9.65 Å². The minimum atomic E-state index is -0.546. The summed E-state index contributed by atoms with van der Waals surface area (Å²) < 4.78 is 23.4. The molecule has 3 rings (SSSR count). The number of nitrogens with one attached hydrogen (secondary N) is 1. The van der Waals surface area contributed by atoms with Gasteiger partial charge in [-0.1, -0.05) is 6.07 Å². The van der Waals surface area contributed by atoms with Gasteiger partial charge < -0.3 is 14.8 Å². The van der Waals surface area contributed by atoms with E-state index in [-0.39, 0.29) is 12.6 Å². The number of hydrogen-bond donors (Lipinski definition) is 1. The van der Waals surface area contributed by atoms with Gasteiger partial charge in [0.25, 0.3) is 0 Å². The Hall–Kier alpha value is -2.74. The number of rotatable bonds is 3. The molecule has 1 unspecified atom stereocenters. The van der Waals surface area contributed by atoms with Crippen molar-refractivity contribution < 1.29 is 13.9 Å². The molecule has 0 radical (unpaired) electrons. The normalized spacial score (nSPS) is 13.6. The molecule has 2 aromatic rings. The number of halogens is 1. The van der Waals surface area contributed by atoms with Crippen molar-refractivity contribution in [3.63, 3.8) is 0 Å². The Morgan fingerprint density at radius 3 is 2.60 bits per heavy atom. The van der Waals surface area contributed by atoms with Gasteiger partial charge in [0.05, 0.1) is 6.07 Å². The maximum absolute atomic E-state index is 12.9. The number of ether oxygens (including phenoxy) is 2. The van der Waals surface area contributed by atoms with E-state index in [1.165, 1.54) is 12.1 Å². The Bertz CT molecular complexity index is 665. The van der Waals surface area contributed by atoms with Gasteiger partial charge in [-0.05, 0) is 42.0 Å². The molecular weight excluding hydrogens is 259 g/mol. The smallest absolute Gasteiger partial charge is 0.231 e. The lowest BCUT2D eigenvalue weighted by Crippen LogP contribution is -2.08. The Kier molecular flexibility index (Phi) is 3.13. The average Bonchev–Trinajstić information content (AvgIpc) is 2.94. The van der Waals surface area contributed by atoms with Crippen LogP contribution in [0.3, 0.4) is 0 Å². The van der Waals surface area contributed by atoms with E-state index in [0.29, 0.717) is 17.2 Å². The molecule has 100 valence electrons. The third-order valence-corrected chi connectivity index (χ3v) is 3.01. The summed E-state index contributed by atoms with van der Waals surface area (Å²) in [6.07, 6.45) is 0. The van der Waals surface area contributed by atoms with Gasteiger partial charge >= 0.3 is 0 Å². The predicted octanol–water partition coefficient (Wildman–Crippen LogP) is 3.23. The van der Waals surface area contributed by atoms with Gasteiger partial charge in [0.2, 0.25) is 6.79 Å². The summed E-state index contributed by atoms with van der Waals surface area (Å²) in [6.45, 7) is 0.196. The van der Waals surface area contributed by atoms with E-state index >= 15 is 0 Å². The molecule has 0 saturated heterocycles. The SMILES string of the molecule is N#CC(Nc1ccc(F)cc1)c1ccc2c(c1)OCO2. The number of hydrogen-bond acceptors (Lipinski definition) is 4. The molecule has 1 atom stereocenters. The molecule has 0 bridgehead atoms. The van der Waals surface area contributed by atoms with Gasteiger partial charge in [-0.3, -0.25) is 0 Å². The van der Waals surface area contributed by atoms with E-state index < -0.39 is 6.04 Å². The van der Waals surface area contributed by atoms with Gasteiger partial charge in [0, 0.05) is 5.69 Å². The second kappa shape index (κ2) is 5.10. The van der Waals surface area contributed by atoms with E-state index in [0.717, 1.165) is 5.56 Å². The van der Waals surface area contributed by atoms with E-state index in [1.807, 2.05) is 0 Å². The second-order valence-corrected chi connectivity index (χ2v) is 4.33. The molecule has 1 aliphatic rings. The molecule has 4 nitrogen and oxygen atoms in total. The summed E-state index contributed by atoms with van der Waals surface area (Å²) in [5.41, 5.74) is 1.44. The summed E-state index contributed by atoms with van der Waals surface area (Å²) in [6, 6.07) is 12.8. The van der Waals surface area contributed by atoms with Crippen LogP contribution in [0.15, 0.2) is 42.5 Å². The maximum Gasteiger partial charge on any atom is 0.231 e. The van der Waals surface area contributed by atoms with Crippen LogP contribution in [0.25, 0.3) is 0 Å². The van der Waals surface area contributed by atoms with Gasteiger partial charge in [-0.2, -0.15) is 5.26 Å². The largest absolute Gasteiger partial charge is 0.454 e. The summed E-state index contributed by atoms with van der Waals surface area (Å²) in [5, 5.41) is 12.3. The molecule has 0 spiro atoms. The average molecular weight is 270 g/mol. The van der Waals surface area contributed by atoms with Gasteiger partial charge in [0.1, 0.15) is 11.9 Å². The molecule has 0 fully saturated rings. The predicted molar refractivity (Wildman–Crippen MR) is 70.9 cm³/mol. The van der Waals surface area contributed by atoms with Crippen LogP contribution in [-0.2, 0) is 0 Å². The number of fused-ring (bicyclic) bond motifs is 1. The van der Waals surface area contributed by atoms with Crippen LogP contribution in [0, 0.1) is 17.1 Å². The quantitative estimate of drug-likeness (QED) is 0.930. The number of nitriles is 1. The van der Waals surface area contributed by atoms with Gasteiger partial charge in [0.15, 0.2) is 11.5 Å². The second-order valence-electron chi connectivity index (χ2n) is 4.33. The molecular formula is C15H11FN2O2. The van der Waals surface area contributed by atoms with E-state index in [1.54, 1.807) is 30.3 Å². The van der Waals surface area contributed by atoms with Crippen molar-refractivity contribution in [2.45, 2.75) is 6.04 Å². The Morgan fingerprint density at radius 1 is 1.10 bits per heavy atom. The maximum atomic E-state index is 12.9. The first kappa shape index (κ1) is 12.3. The molecule has 0 amide bonds. The molecule has 0 aromatic heterocycles. The summed E-state index contributed by atoms with van der Waals surface area (Å²) >= 11 is 0. The van der Waals surface area contributed by atoms with Crippen LogP contribution in [0.4, 0.5) is 10.1 Å². The third-order valence-electron chi connectivity index (χ3n) is 3.01. The molecule has 0 saturated carbocycles. The Labute approximate surface area is 115 Å². The first-order chi connectivity index (χ1) is 9.76. The van der Waals surface area contributed by atoms with E-state index in [2.05, 4.69) is 11.4 Å². The van der Waals surface area contributed by atoms with Crippen LogP contribution in [0.2, 0.25) is 0 Å². The first-order valence-electron chi connectivity index (χ1n) is 6.07. The highest BCUT2D eigenvalue weighted by Gasteiger charge is 2.17. The highest BCUT2D eigenvalue weighted by Crippen LogP contribution is 2.34. The zero-order chi connectivity index (χ0) is 13.9. The van der Waals surface area contributed by atoms with Crippen molar-refractivity contribution in [1.82, 2.24) is 0 Å². The van der Waals surface area contributed by atoms with Crippen LogP contribution in [0.5, 0.6) is 11.5 Å². The molecule has 1 N–H and O–H groups in total. The Balaban J connectivity index is 1.83. The lowest BCUT2D eigenvalue weighted by atomic mass is 10.1. The van der Waals surface area contributed by atoms with Gasteiger partial charge in [-0.15, -0.1) is 0 Å². The van der Waals surface area contributed by atoms with Crippen molar-refractivity contribution in [3.8, 4) is 17.6 Å². The fourth-order valence-corrected chi connectivity index (χ4v) is 2.00. The van der Waals surface area contributed by atoms with Crippen molar-refractivity contribution in [1.29, 1.82) is 5.26 Å². The summed E-state index contributed by atoms with van der Waals surface area (Å²) in [5.74, 6) is 0.989. The first-order valence-corrected chi connectivity index (χ1v) is 6.07. The number of nitrogens with zero attached hydrogens (tertiary/aromatic N) is 1. The summed E-state index contributed by atoms with van der Waals surface area (Å²) in [7, 11) is 0. The van der Waals surface area contributed by atoms with Crippen LogP contribution < -0.4 is 14.8 Å².